The average Bonchev–Trinajstić information content (AvgIpc) is 3.13. The summed E-state index contributed by atoms with van der Waals surface area (Å²) in [5.41, 5.74) is 0. The summed E-state index contributed by atoms with van der Waals surface area (Å²) >= 11 is 4.07. The summed E-state index contributed by atoms with van der Waals surface area (Å²) in [7, 11) is 1.64. The number of hydrogen-bond donors (Lipinski definition) is 1. The van der Waals surface area contributed by atoms with Gasteiger partial charge in [0.25, 0.3) is 0 Å². The van der Waals surface area contributed by atoms with Gasteiger partial charge in [-0.2, -0.15) is 12.6 Å². The molecule has 0 bridgehead atoms. The lowest BCUT2D eigenvalue weighted by Crippen LogP contribution is -2.15. The van der Waals surface area contributed by atoms with Crippen molar-refractivity contribution in [1.29, 1.82) is 0 Å². The Balaban J connectivity index is 3.04. The maximum absolute atomic E-state index is 5.49. The van der Waals surface area contributed by atoms with Crippen molar-refractivity contribution in [3.05, 3.63) is 0 Å². The molecule has 302 valence electrons. The number of ether oxygens (including phenoxy) is 16. The molecule has 0 amide bonds. The maximum atomic E-state index is 5.49. The molecule has 0 aromatic carbocycles. The molecule has 0 aromatic heterocycles. The molecular weight excluding hydrogens is 684 g/mol. The van der Waals surface area contributed by atoms with E-state index in [0.717, 1.165) is 5.75 Å². The van der Waals surface area contributed by atoms with E-state index in [1.54, 1.807) is 7.11 Å². The molecule has 50 heavy (non-hydrogen) atoms. The first-order valence-corrected chi connectivity index (χ1v) is 18.3. The summed E-state index contributed by atoms with van der Waals surface area (Å²) in [5.74, 6) is 0.717. The molecule has 0 saturated heterocycles. The van der Waals surface area contributed by atoms with Gasteiger partial charge in [0, 0.05) is 12.9 Å². The molecule has 0 aliphatic heterocycles. The molecule has 0 rings (SSSR count). The van der Waals surface area contributed by atoms with Gasteiger partial charge < -0.3 is 75.8 Å². The van der Waals surface area contributed by atoms with E-state index >= 15 is 0 Å². The van der Waals surface area contributed by atoms with Gasteiger partial charge in [0.05, 0.1) is 205 Å². The van der Waals surface area contributed by atoms with Crippen molar-refractivity contribution >= 4 is 12.6 Å². The van der Waals surface area contributed by atoms with Crippen molar-refractivity contribution in [2.75, 3.05) is 218 Å². The van der Waals surface area contributed by atoms with Crippen LogP contribution in [0.15, 0.2) is 0 Å². The van der Waals surface area contributed by atoms with Crippen LogP contribution >= 0.6 is 12.6 Å². The Morgan fingerprint density at radius 3 is 0.440 bits per heavy atom. The molecule has 0 saturated carbocycles. The Bertz CT molecular complexity index is 540. The van der Waals surface area contributed by atoms with Gasteiger partial charge in [0.15, 0.2) is 0 Å². The smallest absolute Gasteiger partial charge is 0.0701 e. The van der Waals surface area contributed by atoms with Crippen LogP contribution in [0.1, 0.15) is 0 Å². The molecule has 0 spiro atoms. The first-order valence-electron chi connectivity index (χ1n) is 17.7. The van der Waals surface area contributed by atoms with Crippen molar-refractivity contribution in [2.45, 2.75) is 0 Å². The highest BCUT2D eigenvalue weighted by atomic mass is 32.1. The fourth-order valence-electron chi connectivity index (χ4n) is 3.39. The van der Waals surface area contributed by atoms with Crippen molar-refractivity contribution in [3.8, 4) is 0 Å². The minimum atomic E-state index is 0.504. The zero-order valence-electron chi connectivity index (χ0n) is 30.6. The van der Waals surface area contributed by atoms with E-state index in [4.69, 9.17) is 75.8 Å². The molecule has 0 unspecified atom stereocenters. The van der Waals surface area contributed by atoms with E-state index < -0.39 is 0 Å². The van der Waals surface area contributed by atoms with Crippen molar-refractivity contribution in [1.82, 2.24) is 0 Å². The van der Waals surface area contributed by atoms with Crippen LogP contribution in [0.5, 0.6) is 0 Å². The van der Waals surface area contributed by atoms with Crippen LogP contribution < -0.4 is 0 Å². The fourth-order valence-corrected chi connectivity index (χ4v) is 3.52. The Kier molecular flexibility index (Phi) is 48.4. The first kappa shape index (κ1) is 49.7. The number of methoxy groups -OCH3 is 1. The molecule has 0 radical (unpaired) electrons. The molecule has 0 fully saturated rings. The summed E-state index contributed by atoms with van der Waals surface area (Å²) in [4.78, 5) is 0. The standard InChI is InChI=1S/C33H68O16S/c1-34-2-3-35-4-5-36-6-7-37-8-9-38-10-11-39-12-13-40-14-15-41-16-17-42-18-19-43-20-21-44-22-23-45-24-25-46-26-27-47-28-29-48-30-31-49-32-33-50/h50H,2-33H2,1H3. The lowest BCUT2D eigenvalue weighted by atomic mass is 10.6. The first-order chi connectivity index (χ1) is 24.9. The highest BCUT2D eigenvalue weighted by Crippen LogP contribution is 1.88. The van der Waals surface area contributed by atoms with Crippen molar-refractivity contribution < 1.29 is 75.8 Å². The molecule has 0 aliphatic carbocycles. The normalized spacial score (nSPS) is 11.6. The van der Waals surface area contributed by atoms with E-state index in [0.29, 0.717) is 205 Å². The second-order valence-electron chi connectivity index (χ2n) is 9.90. The third-order valence-corrected chi connectivity index (χ3v) is 6.06. The average molecular weight is 753 g/mol. The second-order valence-corrected chi connectivity index (χ2v) is 10.3. The minimum Gasteiger partial charge on any atom is -0.382 e. The zero-order valence-corrected chi connectivity index (χ0v) is 31.5. The monoisotopic (exact) mass is 752 g/mol. The van der Waals surface area contributed by atoms with Gasteiger partial charge in [-0.15, -0.1) is 0 Å². The molecule has 0 aliphatic rings. The third-order valence-electron chi connectivity index (χ3n) is 5.88. The Labute approximate surface area is 305 Å². The van der Waals surface area contributed by atoms with Gasteiger partial charge >= 0.3 is 0 Å². The minimum absolute atomic E-state index is 0.504. The lowest BCUT2D eigenvalue weighted by Gasteiger charge is -2.09. The SMILES string of the molecule is COCCOCCOCCOCCOCCOCCOCCOCCOCCOCCOCCOCCOCCOCCOCCOCCS. The van der Waals surface area contributed by atoms with Crippen LogP contribution in [-0.4, -0.2) is 218 Å². The summed E-state index contributed by atoms with van der Waals surface area (Å²) < 4.78 is 86.4. The highest BCUT2D eigenvalue weighted by molar-refractivity contribution is 7.80. The van der Waals surface area contributed by atoms with Crippen molar-refractivity contribution in [2.24, 2.45) is 0 Å². The van der Waals surface area contributed by atoms with Crippen molar-refractivity contribution in [3.63, 3.8) is 0 Å². The van der Waals surface area contributed by atoms with Crippen LogP contribution in [0.25, 0.3) is 0 Å². The van der Waals surface area contributed by atoms with Gasteiger partial charge in [0.1, 0.15) is 0 Å². The predicted octanol–water partition coefficient (Wildman–Crippen LogP) is 0.812. The summed E-state index contributed by atoms with van der Waals surface area (Å²) in [6.07, 6.45) is 0. The number of thiol groups is 1. The quantitative estimate of drug-likeness (QED) is 0.0690. The van der Waals surface area contributed by atoms with E-state index in [1.807, 2.05) is 0 Å². The molecule has 0 heterocycles. The molecule has 16 nitrogen and oxygen atoms in total. The summed E-state index contributed by atoms with van der Waals surface area (Å²) in [6, 6.07) is 0. The van der Waals surface area contributed by atoms with E-state index in [9.17, 15) is 0 Å². The van der Waals surface area contributed by atoms with Crippen LogP contribution in [0, 0.1) is 0 Å². The molecule has 0 aromatic rings. The third kappa shape index (κ3) is 47.7. The molecule has 17 heteroatoms. The van der Waals surface area contributed by atoms with Gasteiger partial charge in [0.2, 0.25) is 0 Å². The van der Waals surface area contributed by atoms with Gasteiger partial charge in [-0.25, -0.2) is 0 Å². The zero-order chi connectivity index (χ0) is 35.9. The molecule has 0 atom stereocenters. The Morgan fingerprint density at radius 2 is 0.320 bits per heavy atom. The Morgan fingerprint density at radius 1 is 0.200 bits per heavy atom. The fraction of sp³-hybridized carbons (Fsp3) is 1.00. The van der Waals surface area contributed by atoms with Crippen LogP contribution in [-0.2, 0) is 75.8 Å². The highest BCUT2D eigenvalue weighted by Gasteiger charge is 1.97. The summed E-state index contributed by atoms with van der Waals surface area (Å²) in [5, 5.41) is 0. The molecular formula is C33H68O16S. The van der Waals surface area contributed by atoms with E-state index in [2.05, 4.69) is 12.6 Å². The molecule has 0 N–H and O–H groups in total. The largest absolute Gasteiger partial charge is 0.382 e. The lowest BCUT2D eigenvalue weighted by molar-refractivity contribution is -0.0302. The Hall–Kier alpha value is -0.290. The van der Waals surface area contributed by atoms with E-state index in [-0.39, 0.29) is 0 Å². The van der Waals surface area contributed by atoms with Gasteiger partial charge in [-0.1, -0.05) is 0 Å². The van der Waals surface area contributed by atoms with Crippen LogP contribution in [0.2, 0.25) is 0 Å². The number of rotatable bonds is 47. The predicted molar refractivity (Wildman–Crippen MR) is 188 cm³/mol. The second kappa shape index (κ2) is 48.7. The summed E-state index contributed by atoms with van der Waals surface area (Å²) in [6.45, 7) is 16.4. The topological polar surface area (TPSA) is 148 Å². The maximum Gasteiger partial charge on any atom is 0.0701 e. The van der Waals surface area contributed by atoms with Gasteiger partial charge in [-0.3, -0.25) is 0 Å². The van der Waals surface area contributed by atoms with E-state index in [1.165, 1.54) is 0 Å². The number of hydrogen-bond acceptors (Lipinski definition) is 17. The van der Waals surface area contributed by atoms with Gasteiger partial charge in [-0.05, 0) is 0 Å². The van der Waals surface area contributed by atoms with Crippen LogP contribution in [0.4, 0.5) is 0 Å². The van der Waals surface area contributed by atoms with Crippen LogP contribution in [0.3, 0.4) is 0 Å².